The highest BCUT2D eigenvalue weighted by Crippen LogP contribution is 2.64. The van der Waals surface area contributed by atoms with Gasteiger partial charge in [-0.3, -0.25) is 9.59 Å². The standard InChI is InChI=1S/C23H36N2O2/c1-21(2,3)25-20(27)18-7-6-16-15-13-24-19-12-14(26)8-10-23(19,5)17(15)9-11-22(16,18)4/h12,15-18,24H,6-11,13H2,1-5H3,(H,25,27)/t15-,16-,17-,18+,22-,23+/m0/s1. The number of piperidine rings is 1. The first-order valence-corrected chi connectivity index (χ1v) is 10.9. The molecule has 0 aromatic carbocycles. The Hall–Kier alpha value is -1.32. The summed E-state index contributed by atoms with van der Waals surface area (Å²) >= 11 is 0. The molecule has 4 nitrogen and oxygen atoms in total. The molecule has 1 amide bonds. The van der Waals surface area contributed by atoms with Crippen LogP contribution >= 0.6 is 0 Å². The van der Waals surface area contributed by atoms with E-state index < -0.39 is 0 Å². The molecule has 0 spiro atoms. The Morgan fingerprint density at radius 2 is 1.89 bits per heavy atom. The van der Waals surface area contributed by atoms with Crippen molar-refractivity contribution in [3.63, 3.8) is 0 Å². The van der Waals surface area contributed by atoms with E-state index in [0.717, 1.165) is 32.2 Å². The molecule has 3 aliphatic carbocycles. The van der Waals surface area contributed by atoms with Gasteiger partial charge in [0, 0.05) is 41.6 Å². The van der Waals surface area contributed by atoms with E-state index in [2.05, 4.69) is 45.3 Å². The van der Waals surface area contributed by atoms with E-state index in [1.54, 1.807) is 0 Å². The number of ketones is 1. The van der Waals surface area contributed by atoms with Crippen molar-refractivity contribution in [3.05, 3.63) is 11.8 Å². The van der Waals surface area contributed by atoms with E-state index in [9.17, 15) is 9.59 Å². The van der Waals surface area contributed by atoms with Crippen molar-refractivity contribution in [2.75, 3.05) is 6.54 Å². The number of amides is 1. The van der Waals surface area contributed by atoms with Crippen molar-refractivity contribution in [3.8, 4) is 0 Å². The Kier molecular flexibility index (Phi) is 4.29. The molecule has 0 aromatic rings. The first kappa shape index (κ1) is 19.0. The average Bonchev–Trinajstić information content (AvgIpc) is 2.91. The molecule has 0 aromatic heterocycles. The van der Waals surface area contributed by atoms with Crippen LogP contribution in [-0.4, -0.2) is 23.8 Å². The lowest BCUT2D eigenvalue weighted by Gasteiger charge is -2.58. The fraction of sp³-hybridized carbons (Fsp3) is 0.826. The number of allylic oxidation sites excluding steroid dienone is 2. The molecular weight excluding hydrogens is 336 g/mol. The summed E-state index contributed by atoms with van der Waals surface area (Å²) in [6.45, 7) is 11.9. The van der Waals surface area contributed by atoms with Gasteiger partial charge in [-0.2, -0.15) is 0 Å². The third-order valence-electron chi connectivity index (χ3n) is 8.41. The van der Waals surface area contributed by atoms with Crippen LogP contribution in [-0.2, 0) is 9.59 Å². The SMILES string of the molecule is CC(C)(C)NC(=O)[C@H]1CC[C@H]2[C@@H]3CNC4=CC(=O)CC[C@]4(C)[C@H]3CC[C@]12C. The predicted octanol–water partition coefficient (Wildman–Crippen LogP) is 3.82. The van der Waals surface area contributed by atoms with Crippen LogP contribution < -0.4 is 10.6 Å². The summed E-state index contributed by atoms with van der Waals surface area (Å²) in [6.07, 6.45) is 8.03. The van der Waals surface area contributed by atoms with Gasteiger partial charge in [0.25, 0.3) is 0 Å². The molecule has 1 heterocycles. The Bertz CT molecular complexity index is 691. The Labute approximate surface area is 163 Å². The molecule has 2 saturated carbocycles. The van der Waals surface area contributed by atoms with Gasteiger partial charge in [0.2, 0.25) is 5.91 Å². The first-order chi connectivity index (χ1) is 12.5. The molecule has 1 saturated heterocycles. The first-order valence-electron chi connectivity index (χ1n) is 10.9. The second-order valence-corrected chi connectivity index (χ2v) is 11.1. The predicted molar refractivity (Wildman–Crippen MR) is 107 cm³/mol. The normalized spacial score (nSPS) is 43.7. The minimum Gasteiger partial charge on any atom is -0.387 e. The monoisotopic (exact) mass is 372 g/mol. The Morgan fingerprint density at radius 3 is 2.59 bits per heavy atom. The van der Waals surface area contributed by atoms with Crippen LogP contribution in [0.3, 0.4) is 0 Å². The molecule has 6 atom stereocenters. The number of hydrogen-bond acceptors (Lipinski definition) is 3. The molecule has 0 unspecified atom stereocenters. The maximum Gasteiger partial charge on any atom is 0.224 e. The number of fused-ring (bicyclic) bond motifs is 5. The average molecular weight is 373 g/mol. The fourth-order valence-corrected chi connectivity index (χ4v) is 7.03. The van der Waals surface area contributed by atoms with Gasteiger partial charge < -0.3 is 10.6 Å². The van der Waals surface area contributed by atoms with Crippen LogP contribution in [0.1, 0.15) is 73.1 Å². The summed E-state index contributed by atoms with van der Waals surface area (Å²) in [6, 6.07) is 0. The summed E-state index contributed by atoms with van der Waals surface area (Å²) < 4.78 is 0. The summed E-state index contributed by atoms with van der Waals surface area (Å²) in [5.41, 5.74) is 1.24. The molecule has 4 heteroatoms. The zero-order valence-corrected chi connectivity index (χ0v) is 17.7. The molecular formula is C23H36N2O2. The van der Waals surface area contributed by atoms with Gasteiger partial charge in [-0.25, -0.2) is 0 Å². The van der Waals surface area contributed by atoms with Crippen molar-refractivity contribution in [1.82, 2.24) is 10.6 Å². The highest BCUT2D eigenvalue weighted by molar-refractivity contribution is 5.91. The van der Waals surface area contributed by atoms with Gasteiger partial charge in [0.15, 0.2) is 5.78 Å². The van der Waals surface area contributed by atoms with Crippen molar-refractivity contribution >= 4 is 11.7 Å². The number of carbonyl (C=O) groups excluding carboxylic acids is 2. The van der Waals surface area contributed by atoms with Crippen molar-refractivity contribution in [2.45, 2.75) is 78.7 Å². The lowest BCUT2D eigenvalue weighted by Crippen LogP contribution is -2.57. The maximum atomic E-state index is 13.0. The van der Waals surface area contributed by atoms with Gasteiger partial charge in [-0.05, 0) is 76.0 Å². The quantitative estimate of drug-likeness (QED) is 0.736. The molecule has 150 valence electrons. The highest BCUT2D eigenvalue weighted by Gasteiger charge is 2.60. The van der Waals surface area contributed by atoms with Gasteiger partial charge in [-0.1, -0.05) is 13.8 Å². The van der Waals surface area contributed by atoms with E-state index in [1.807, 2.05) is 6.08 Å². The van der Waals surface area contributed by atoms with Crippen molar-refractivity contribution in [1.29, 1.82) is 0 Å². The second kappa shape index (κ2) is 6.09. The Morgan fingerprint density at radius 1 is 1.15 bits per heavy atom. The topological polar surface area (TPSA) is 58.2 Å². The minimum absolute atomic E-state index is 0.111. The second-order valence-electron chi connectivity index (χ2n) is 11.1. The van der Waals surface area contributed by atoms with Crippen molar-refractivity contribution < 1.29 is 9.59 Å². The number of hydrogen-bond donors (Lipinski definition) is 2. The molecule has 3 fully saturated rings. The molecule has 2 N–H and O–H groups in total. The molecule has 27 heavy (non-hydrogen) atoms. The van der Waals surface area contributed by atoms with E-state index in [0.29, 0.717) is 24.2 Å². The largest absolute Gasteiger partial charge is 0.387 e. The van der Waals surface area contributed by atoms with Crippen LogP contribution in [0.2, 0.25) is 0 Å². The van der Waals surface area contributed by atoms with Crippen LogP contribution in [0, 0.1) is 34.5 Å². The van der Waals surface area contributed by atoms with Gasteiger partial charge in [0.05, 0.1) is 0 Å². The van der Waals surface area contributed by atoms with Crippen molar-refractivity contribution in [2.24, 2.45) is 34.5 Å². The lowest BCUT2D eigenvalue weighted by atomic mass is 9.50. The van der Waals surface area contributed by atoms with Gasteiger partial charge in [0.1, 0.15) is 0 Å². The minimum atomic E-state index is -0.170. The zero-order chi connectivity index (χ0) is 19.6. The molecule has 4 rings (SSSR count). The zero-order valence-electron chi connectivity index (χ0n) is 17.7. The van der Waals surface area contributed by atoms with E-state index in [4.69, 9.17) is 0 Å². The maximum absolute atomic E-state index is 13.0. The third-order valence-corrected chi connectivity index (χ3v) is 8.41. The summed E-state index contributed by atoms with van der Waals surface area (Å²) in [4.78, 5) is 25.0. The van der Waals surface area contributed by atoms with Gasteiger partial charge >= 0.3 is 0 Å². The highest BCUT2D eigenvalue weighted by atomic mass is 16.2. The van der Waals surface area contributed by atoms with E-state index in [-0.39, 0.29) is 34.0 Å². The smallest absolute Gasteiger partial charge is 0.224 e. The summed E-state index contributed by atoms with van der Waals surface area (Å²) in [7, 11) is 0. The third kappa shape index (κ3) is 2.94. The molecule has 0 radical (unpaired) electrons. The molecule has 1 aliphatic heterocycles. The summed E-state index contributed by atoms with van der Waals surface area (Å²) in [5.74, 6) is 2.53. The van der Waals surface area contributed by atoms with E-state index >= 15 is 0 Å². The lowest BCUT2D eigenvalue weighted by molar-refractivity contribution is -0.133. The number of carbonyl (C=O) groups is 2. The van der Waals surface area contributed by atoms with Crippen LogP contribution in [0.4, 0.5) is 0 Å². The number of rotatable bonds is 1. The van der Waals surface area contributed by atoms with Crippen LogP contribution in [0.15, 0.2) is 11.8 Å². The van der Waals surface area contributed by atoms with Gasteiger partial charge in [-0.15, -0.1) is 0 Å². The summed E-state index contributed by atoms with van der Waals surface area (Å²) in [5, 5.41) is 6.89. The van der Waals surface area contributed by atoms with E-state index in [1.165, 1.54) is 12.1 Å². The number of nitrogens with one attached hydrogen (secondary N) is 2. The molecule has 4 aliphatic rings. The van der Waals surface area contributed by atoms with Crippen LogP contribution in [0.25, 0.3) is 0 Å². The Balaban J connectivity index is 1.58. The fourth-order valence-electron chi connectivity index (χ4n) is 7.03. The van der Waals surface area contributed by atoms with Crippen LogP contribution in [0.5, 0.6) is 0 Å². The molecule has 0 bridgehead atoms.